The SMILES string of the molecule is CC(N)CCNC(=O)C(C)OCC1CCCO1.Cl. The minimum absolute atomic E-state index is 0. The van der Waals surface area contributed by atoms with Gasteiger partial charge in [0.2, 0.25) is 5.91 Å². The van der Waals surface area contributed by atoms with Crippen molar-refractivity contribution in [1.29, 1.82) is 0 Å². The molecule has 5 nitrogen and oxygen atoms in total. The molecule has 1 heterocycles. The van der Waals surface area contributed by atoms with Crippen molar-refractivity contribution in [3.05, 3.63) is 0 Å². The number of ether oxygens (including phenoxy) is 2. The van der Waals surface area contributed by atoms with E-state index in [1.807, 2.05) is 6.92 Å². The van der Waals surface area contributed by atoms with Crippen LogP contribution in [0.4, 0.5) is 0 Å². The Morgan fingerprint density at radius 3 is 2.83 bits per heavy atom. The molecule has 0 bridgehead atoms. The van der Waals surface area contributed by atoms with Crippen molar-refractivity contribution in [2.45, 2.75) is 51.4 Å². The first-order valence-electron chi connectivity index (χ1n) is 6.36. The molecule has 3 N–H and O–H groups in total. The fraction of sp³-hybridized carbons (Fsp3) is 0.917. The maximum atomic E-state index is 11.6. The molecule has 0 spiro atoms. The van der Waals surface area contributed by atoms with Gasteiger partial charge in [-0.2, -0.15) is 0 Å². The molecule has 0 aromatic heterocycles. The van der Waals surface area contributed by atoms with Crippen molar-refractivity contribution < 1.29 is 14.3 Å². The average molecular weight is 281 g/mol. The Balaban J connectivity index is 0.00000289. The first-order valence-corrected chi connectivity index (χ1v) is 6.36. The summed E-state index contributed by atoms with van der Waals surface area (Å²) in [6, 6.07) is 0.110. The van der Waals surface area contributed by atoms with Crippen LogP contribution in [-0.4, -0.2) is 43.9 Å². The first-order chi connectivity index (χ1) is 8.09. The van der Waals surface area contributed by atoms with E-state index in [0.717, 1.165) is 25.9 Å². The van der Waals surface area contributed by atoms with Crippen LogP contribution in [0.15, 0.2) is 0 Å². The van der Waals surface area contributed by atoms with E-state index in [-0.39, 0.29) is 30.5 Å². The summed E-state index contributed by atoms with van der Waals surface area (Å²) in [6.45, 7) is 5.59. The van der Waals surface area contributed by atoms with Crippen LogP contribution in [0.5, 0.6) is 0 Å². The lowest BCUT2D eigenvalue weighted by Gasteiger charge is -2.16. The highest BCUT2D eigenvalue weighted by Gasteiger charge is 2.19. The molecule has 3 unspecified atom stereocenters. The van der Waals surface area contributed by atoms with Gasteiger partial charge in [-0.25, -0.2) is 0 Å². The average Bonchev–Trinajstić information content (AvgIpc) is 2.78. The second kappa shape index (κ2) is 9.55. The van der Waals surface area contributed by atoms with Crippen molar-refractivity contribution in [1.82, 2.24) is 5.32 Å². The second-order valence-corrected chi connectivity index (χ2v) is 4.67. The lowest BCUT2D eigenvalue weighted by molar-refractivity contribution is -0.133. The van der Waals surface area contributed by atoms with E-state index in [2.05, 4.69) is 5.32 Å². The lowest BCUT2D eigenvalue weighted by atomic mass is 10.2. The third-order valence-corrected chi connectivity index (χ3v) is 2.82. The first kappa shape index (κ1) is 17.6. The largest absolute Gasteiger partial charge is 0.376 e. The van der Waals surface area contributed by atoms with Crippen LogP contribution in [0.1, 0.15) is 33.1 Å². The standard InChI is InChI=1S/C12H24N2O3.ClH/c1-9(13)5-6-14-12(15)10(2)17-8-11-4-3-7-16-11;/h9-11H,3-8,13H2,1-2H3,(H,14,15);1H. The van der Waals surface area contributed by atoms with E-state index in [4.69, 9.17) is 15.2 Å². The molecular weight excluding hydrogens is 256 g/mol. The number of carbonyl (C=O) groups is 1. The molecule has 3 atom stereocenters. The van der Waals surface area contributed by atoms with Gasteiger partial charge in [0.25, 0.3) is 0 Å². The molecule has 1 aliphatic heterocycles. The Hall–Kier alpha value is -0.360. The van der Waals surface area contributed by atoms with Gasteiger partial charge in [0, 0.05) is 19.2 Å². The van der Waals surface area contributed by atoms with E-state index >= 15 is 0 Å². The van der Waals surface area contributed by atoms with E-state index in [0.29, 0.717) is 13.2 Å². The summed E-state index contributed by atoms with van der Waals surface area (Å²) >= 11 is 0. The molecule has 0 radical (unpaired) electrons. The maximum absolute atomic E-state index is 11.6. The van der Waals surface area contributed by atoms with Crippen LogP contribution in [-0.2, 0) is 14.3 Å². The topological polar surface area (TPSA) is 73.6 Å². The van der Waals surface area contributed by atoms with Gasteiger partial charge in [-0.3, -0.25) is 4.79 Å². The number of halogens is 1. The minimum atomic E-state index is -0.424. The van der Waals surface area contributed by atoms with Crippen LogP contribution in [0, 0.1) is 0 Å². The van der Waals surface area contributed by atoms with E-state index < -0.39 is 6.10 Å². The summed E-state index contributed by atoms with van der Waals surface area (Å²) in [5, 5.41) is 2.80. The van der Waals surface area contributed by atoms with Crippen molar-refractivity contribution >= 4 is 18.3 Å². The number of hydrogen-bond donors (Lipinski definition) is 2. The molecule has 1 fully saturated rings. The molecule has 1 rings (SSSR count). The van der Waals surface area contributed by atoms with E-state index in [1.54, 1.807) is 6.92 Å². The third kappa shape index (κ3) is 7.16. The van der Waals surface area contributed by atoms with Gasteiger partial charge in [0.15, 0.2) is 0 Å². The highest BCUT2D eigenvalue weighted by molar-refractivity contribution is 5.85. The Kier molecular flexibility index (Phi) is 9.36. The minimum Gasteiger partial charge on any atom is -0.376 e. The predicted octanol–water partition coefficient (Wildman–Crippen LogP) is 0.846. The second-order valence-electron chi connectivity index (χ2n) is 4.67. The molecular formula is C12H25ClN2O3. The Labute approximate surface area is 115 Å². The third-order valence-electron chi connectivity index (χ3n) is 2.82. The monoisotopic (exact) mass is 280 g/mol. The van der Waals surface area contributed by atoms with E-state index in [1.165, 1.54) is 0 Å². The fourth-order valence-electron chi connectivity index (χ4n) is 1.67. The summed E-state index contributed by atoms with van der Waals surface area (Å²) in [4.78, 5) is 11.6. The molecule has 1 saturated heterocycles. The van der Waals surface area contributed by atoms with Gasteiger partial charge in [-0.1, -0.05) is 0 Å². The molecule has 1 aliphatic rings. The molecule has 0 aliphatic carbocycles. The normalized spacial score (nSPS) is 22.1. The summed E-state index contributed by atoms with van der Waals surface area (Å²) in [5.41, 5.74) is 5.60. The summed E-state index contributed by atoms with van der Waals surface area (Å²) in [7, 11) is 0. The van der Waals surface area contributed by atoms with Crippen LogP contribution in [0.25, 0.3) is 0 Å². The highest BCUT2D eigenvalue weighted by atomic mass is 35.5. The Morgan fingerprint density at radius 1 is 1.56 bits per heavy atom. The van der Waals surface area contributed by atoms with Crippen molar-refractivity contribution in [3.63, 3.8) is 0 Å². The molecule has 1 amide bonds. The number of carbonyl (C=O) groups excluding carboxylic acids is 1. The lowest BCUT2D eigenvalue weighted by Crippen LogP contribution is -2.37. The Bertz CT molecular complexity index is 233. The van der Waals surface area contributed by atoms with Gasteiger partial charge in [0.1, 0.15) is 6.10 Å². The van der Waals surface area contributed by atoms with Crippen LogP contribution >= 0.6 is 12.4 Å². The van der Waals surface area contributed by atoms with Crippen LogP contribution in [0.3, 0.4) is 0 Å². The van der Waals surface area contributed by atoms with Crippen LogP contribution in [0.2, 0.25) is 0 Å². The fourth-order valence-corrected chi connectivity index (χ4v) is 1.67. The number of hydrogen-bond acceptors (Lipinski definition) is 4. The number of nitrogens with one attached hydrogen (secondary N) is 1. The molecule has 0 aromatic carbocycles. The number of amides is 1. The quantitative estimate of drug-likeness (QED) is 0.725. The predicted molar refractivity (Wildman–Crippen MR) is 72.9 cm³/mol. The smallest absolute Gasteiger partial charge is 0.248 e. The Morgan fingerprint density at radius 2 is 2.28 bits per heavy atom. The summed E-state index contributed by atoms with van der Waals surface area (Å²) in [6.07, 6.45) is 2.63. The maximum Gasteiger partial charge on any atom is 0.248 e. The van der Waals surface area contributed by atoms with Crippen molar-refractivity contribution in [2.24, 2.45) is 5.73 Å². The molecule has 0 aromatic rings. The number of rotatable bonds is 7. The van der Waals surface area contributed by atoms with Gasteiger partial charge in [-0.05, 0) is 33.1 Å². The zero-order valence-electron chi connectivity index (χ0n) is 11.2. The zero-order chi connectivity index (χ0) is 12.7. The summed E-state index contributed by atoms with van der Waals surface area (Å²) in [5.74, 6) is -0.0800. The molecule has 6 heteroatoms. The van der Waals surface area contributed by atoms with E-state index in [9.17, 15) is 4.79 Å². The van der Waals surface area contributed by atoms with Gasteiger partial charge >= 0.3 is 0 Å². The van der Waals surface area contributed by atoms with Crippen molar-refractivity contribution in [2.75, 3.05) is 19.8 Å². The molecule has 108 valence electrons. The molecule has 0 saturated carbocycles. The van der Waals surface area contributed by atoms with Gasteiger partial charge in [0.05, 0.1) is 12.7 Å². The van der Waals surface area contributed by atoms with Crippen molar-refractivity contribution in [3.8, 4) is 0 Å². The van der Waals surface area contributed by atoms with Gasteiger partial charge in [-0.15, -0.1) is 12.4 Å². The number of nitrogens with two attached hydrogens (primary N) is 1. The van der Waals surface area contributed by atoms with Gasteiger partial charge < -0.3 is 20.5 Å². The highest BCUT2D eigenvalue weighted by Crippen LogP contribution is 2.12. The van der Waals surface area contributed by atoms with Crippen LogP contribution < -0.4 is 11.1 Å². The molecule has 18 heavy (non-hydrogen) atoms. The zero-order valence-corrected chi connectivity index (χ0v) is 12.0. The summed E-state index contributed by atoms with van der Waals surface area (Å²) < 4.78 is 10.9.